The van der Waals surface area contributed by atoms with Crippen LogP contribution < -0.4 is 5.73 Å². The average molecular weight is 276 g/mol. The summed E-state index contributed by atoms with van der Waals surface area (Å²) in [5, 5.41) is 9.84. The van der Waals surface area contributed by atoms with E-state index < -0.39 is 6.10 Å². The standard InChI is InChI=1S/C11H14FNO.BrH/c12-9-5-3-8(4-6-9)11(14)10(13)7-1-2-7;/h3-7,10-11,14H,1-2,13H2;1H/t10?,11-;/m1./s1. The first-order valence-corrected chi connectivity index (χ1v) is 4.87. The highest BCUT2D eigenvalue weighted by atomic mass is 79.9. The van der Waals surface area contributed by atoms with Crippen LogP contribution >= 0.6 is 17.0 Å². The molecule has 0 heterocycles. The van der Waals surface area contributed by atoms with Gasteiger partial charge in [0.2, 0.25) is 0 Å². The molecule has 4 heteroatoms. The second-order valence-electron chi connectivity index (χ2n) is 3.91. The Morgan fingerprint density at radius 1 is 1.27 bits per heavy atom. The van der Waals surface area contributed by atoms with Crippen molar-refractivity contribution in [2.45, 2.75) is 25.0 Å². The van der Waals surface area contributed by atoms with Crippen molar-refractivity contribution in [3.63, 3.8) is 0 Å². The minimum atomic E-state index is -0.664. The molecule has 2 atom stereocenters. The monoisotopic (exact) mass is 275 g/mol. The molecule has 2 rings (SSSR count). The zero-order valence-corrected chi connectivity index (χ0v) is 9.98. The van der Waals surface area contributed by atoms with E-state index in [0.29, 0.717) is 11.5 Å². The summed E-state index contributed by atoms with van der Waals surface area (Å²) in [6, 6.07) is 5.65. The number of rotatable bonds is 3. The summed E-state index contributed by atoms with van der Waals surface area (Å²) in [7, 11) is 0. The summed E-state index contributed by atoms with van der Waals surface area (Å²) < 4.78 is 12.6. The fraction of sp³-hybridized carbons (Fsp3) is 0.455. The molecular weight excluding hydrogens is 261 g/mol. The van der Waals surface area contributed by atoms with Gasteiger partial charge in [-0.25, -0.2) is 4.39 Å². The van der Waals surface area contributed by atoms with Crippen LogP contribution in [0.1, 0.15) is 24.5 Å². The van der Waals surface area contributed by atoms with Crippen LogP contribution in [-0.2, 0) is 0 Å². The summed E-state index contributed by atoms with van der Waals surface area (Å²) in [5.41, 5.74) is 6.55. The van der Waals surface area contributed by atoms with Crippen molar-refractivity contribution < 1.29 is 9.50 Å². The van der Waals surface area contributed by atoms with E-state index in [9.17, 15) is 9.50 Å². The van der Waals surface area contributed by atoms with Gasteiger partial charge in [0.1, 0.15) is 5.82 Å². The Hall–Kier alpha value is -0.450. The van der Waals surface area contributed by atoms with E-state index in [1.54, 1.807) is 12.1 Å². The number of benzene rings is 1. The molecule has 1 aliphatic carbocycles. The van der Waals surface area contributed by atoms with E-state index in [1.165, 1.54) is 12.1 Å². The third-order valence-corrected chi connectivity index (χ3v) is 2.74. The van der Waals surface area contributed by atoms with E-state index in [4.69, 9.17) is 5.73 Å². The summed E-state index contributed by atoms with van der Waals surface area (Å²) >= 11 is 0. The minimum Gasteiger partial charge on any atom is -0.387 e. The molecule has 1 fully saturated rings. The molecule has 3 N–H and O–H groups in total. The molecule has 0 aromatic heterocycles. The van der Waals surface area contributed by atoms with Gasteiger partial charge in [0.05, 0.1) is 6.10 Å². The highest BCUT2D eigenvalue weighted by Crippen LogP contribution is 2.36. The van der Waals surface area contributed by atoms with Crippen molar-refractivity contribution in [1.82, 2.24) is 0 Å². The van der Waals surface area contributed by atoms with Crippen LogP contribution in [0.25, 0.3) is 0 Å². The lowest BCUT2D eigenvalue weighted by atomic mass is 9.99. The zero-order valence-electron chi connectivity index (χ0n) is 8.27. The highest BCUT2D eigenvalue weighted by Gasteiger charge is 2.33. The molecule has 15 heavy (non-hydrogen) atoms. The third-order valence-electron chi connectivity index (χ3n) is 2.74. The average Bonchev–Trinajstić information content (AvgIpc) is 3.00. The molecule has 1 aliphatic rings. The van der Waals surface area contributed by atoms with E-state index >= 15 is 0 Å². The van der Waals surface area contributed by atoms with E-state index in [-0.39, 0.29) is 28.8 Å². The molecule has 0 bridgehead atoms. The molecule has 84 valence electrons. The van der Waals surface area contributed by atoms with Gasteiger partial charge in [-0.3, -0.25) is 0 Å². The fourth-order valence-corrected chi connectivity index (χ4v) is 1.62. The Morgan fingerprint density at radius 3 is 2.27 bits per heavy atom. The van der Waals surface area contributed by atoms with Gasteiger partial charge >= 0.3 is 0 Å². The molecule has 0 saturated heterocycles. The second-order valence-corrected chi connectivity index (χ2v) is 3.91. The smallest absolute Gasteiger partial charge is 0.123 e. The number of nitrogens with two attached hydrogens (primary N) is 1. The number of aliphatic hydroxyl groups excluding tert-OH is 1. The lowest BCUT2D eigenvalue weighted by Crippen LogP contribution is -2.30. The Labute approximate surface area is 99.1 Å². The molecule has 0 aliphatic heterocycles. The highest BCUT2D eigenvalue weighted by molar-refractivity contribution is 8.93. The van der Waals surface area contributed by atoms with Crippen molar-refractivity contribution in [3.05, 3.63) is 35.6 Å². The van der Waals surface area contributed by atoms with E-state index in [0.717, 1.165) is 12.8 Å². The summed E-state index contributed by atoms with van der Waals surface area (Å²) in [6.07, 6.45) is 1.53. The third kappa shape index (κ3) is 3.00. The topological polar surface area (TPSA) is 46.2 Å². The predicted molar refractivity (Wildman–Crippen MR) is 62.4 cm³/mol. The van der Waals surface area contributed by atoms with Crippen LogP contribution in [-0.4, -0.2) is 11.1 Å². The molecule has 2 nitrogen and oxygen atoms in total. The molecule has 1 aromatic rings. The van der Waals surface area contributed by atoms with Crippen molar-refractivity contribution in [3.8, 4) is 0 Å². The van der Waals surface area contributed by atoms with Crippen LogP contribution in [0.4, 0.5) is 4.39 Å². The summed E-state index contributed by atoms with van der Waals surface area (Å²) in [6.45, 7) is 0. The van der Waals surface area contributed by atoms with Gasteiger partial charge in [-0.2, -0.15) is 0 Å². The number of halogens is 2. The summed E-state index contributed by atoms with van der Waals surface area (Å²) in [5.74, 6) is 0.149. The lowest BCUT2D eigenvalue weighted by molar-refractivity contribution is 0.137. The van der Waals surface area contributed by atoms with Crippen LogP contribution in [0.15, 0.2) is 24.3 Å². The molecular formula is C11H15BrFNO. The van der Waals surface area contributed by atoms with Gasteiger partial charge in [-0.05, 0) is 36.5 Å². The van der Waals surface area contributed by atoms with Gasteiger partial charge in [-0.15, -0.1) is 17.0 Å². The maximum Gasteiger partial charge on any atom is 0.123 e. The maximum absolute atomic E-state index is 12.6. The Morgan fingerprint density at radius 2 is 1.80 bits per heavy atom. The van der Waals surface area contributed by atoms with E-state index in [1.807, 2.05) is 0 Å². The lowest BCUT2D eigenvalue weighted by Gasteiger charge is -2.18. The van der Waals surface area contributed by atoms with E-state index in [2.05, 4.69) is 0 Å². The second kappa shape index (κ2) is 5.05. The quantitative estimate of drug-likeness (QED) is 0.888. The fourth-order valence-electron chi connectivity index (χ4n) is 1.62. The van der Waals surface area contributed by atoms with Gasteiger partial charge < -0.3 is 10.8 Å². The minimum absolute atomic E-state index is 0. The van der Waals surface area contributed by atoms with Crippen molar-refractivity contribution in [2.75, 3.05) is 0 Å². The van der Waals surface area contributed by atoms with Crippen molar-refractivity contribution >= 4 is 17.0 Å². The predicted octanol–water partition coefficient (Wildman–Crippen LogP) is 2.17. The first kappa shape index (κ1) is 12.6. The Kier molecular flexibility index (Phi) is 4.25. The van der Waals surface area contributed by atoms with Gasteiger partial charge in [0.15, 0.2) is 0 Å². The Bertz CT molecular complexity index is 313. The van der Waals surface area contributed by atoms with Crippen LogP contribution in [0, 0.1) is 11.7 Å². The number of hydrogen-bond acceptors (Lipinski definition) is 2. The van der Waals surface area contributed by atoms with Gasteiger partial charge in [0.25, 0.3) is 0 Å². The molecule has 0 amide bonds. The summed E-state index contributed by atoms with van der Waals surface area (Å²) in [4.78, 5) is 0. The molecule has 0 radical (unpaired) electrons. The maximum atomic E-state index is 12.6. The molecule has 1 aromatic carbocycles. The molecule has 1 saturated carbocycles. The van der Waals surface area contributed by atoms with Gasteiger partial charge in [-0.1, -0.05) is 12.1 Å². The van der Waals surface area contributed by atoms with Crippen LogP contribution in [0.3, 0.4) is 0 Å². The Balaban J connectivity index is 0.00000112. The first-order chi connectivity index (χ1) is 6.68. The van der Waals surface area contributed by atoms with Gasteiger partial charge in [0, 0.05) is 6.04 Å². The largest absolute Gasteiger partial charge is 0.387 e. The first-order valence-electron chi connectivity index (χ1n) is 4.87. The van der Waals surface area contributed by atoms with Crippen molar-refractivity contribution in [2.24, 2.45) is 11.7 Å². The zero-order chi connectivity index (χ0) is 10.1. The normalized spacial score (nSPS) is 19.1. The number of aliphatic hydroxyl groups is 1. The SMILES string of the molecule is Br.NC(C1CC1)[C@H](O)c1ccc(F)cc1. The van der Waals surface area contributed by atoms with Crippen LogP contribution in [0.2, 0.25) is 0 Å². The number of hydrogen-bond donors (Lipinski definition) is 2. The molecule has 1 unspecified atom stereocenters. The van der Waals surface area contributed by atoms with Crippen LogP contribution in [0.5, 0.6) is 0 Å². The van der Waals surface area contributed by atoms with Crippen molar-refractivity contribution in [1.29, 1.82) is 0 Å². The molecule has 0 spiro atoms.